The first-order chi connectivity index (χ1) is 8.72. The number of benzene rings is 1. The Morgan fingerprint density at radius 3 is 3.06 bits per heavy atom. The fourth-order valence-electron chi connectivity index (χ4n) is 2.35. The van der Waals surface area contributed by atoms with Gasteiger partial charge in [0.15, 0.2) is 0 Å². The zero-order chi connectivity index (χ0) is 13.0. The molecule has 0 saturated heterocycles. The van der Waals surface area contributed by atoms with Crippen molar-refractivity contribution in [2.24, 2.45) is 0 Å². The molecule has 0 spiro atoms. The molecule has 1 aromatic carbocycles. The van der Waals surface area contributed by atoms with Crippen molar-refractivity contribution in [1.82, 2.24) is 10.6 Å². The van der Waals surface area contributed by atoms with Crippen molar-refractivity contribution in [3.63, 3.8) is 0 Å². The van der Waals surface area contributed by atoms with Crippen molar-refractivity contribution in [3.8, 4) is 0 Å². The number of hydrogen-bond acceptors (Lipinski definition) is 2. The van der Waals surface area contributed by atoms with Crippen LogP contribution in [-0.2, 0) is 6.42 Å². The molecule has 0 aromatic heterocycles. The molecule has 1 amide bonds. The molecule has 0 radical (unpaired) electrons. The zero-order valence-corrected chi connectivity index (χ0v) is 11.3. The maximum absolute atomic E-state index is 12.0. The Morgan fingerprint density at radius 2 is 2.28 bits per heavy atom. The summed E-state index contributed by atoms with van der Waals surface area (Å²) in [5, 5.41) is 6.40. The molecule has 1 atom stereocenters. The Balaban J connectivity index is 2.22. The maximum atomic E-state index is 12.0. The molecule has 2 N–H and O–H groups in total. The number of carbonyl (C=O) groups is 1. The van der Waals surface area contributed by atoms with Crippen LogP contribution in [0.15, 0.2) is 18.2 Å². The second kappa shape index (κ2) is 6.01. The lowest BCUT2D eigenvalue weighted by Crippen LogP contribution is -2.23. The van der Waals surface area contributed by atoms with Crippen LogP contribution in [0.1, 0.15) is 54.2 Å². The number of hydrogen-bond donors (Lipinski definition) is 2. The minimum atomic E-state index is 0.0760. The van der Waals surface area contributed by atoms with E-state index >= 15 is 0 Å². The van der Waals surface area contributed by atoms with Gasteiger partial charge in [0.25, 0.3) is 5.91 Å². The first-order valence-corrected chi connectivity index (χ1v) is 6.86. The lowest BCUT2D eigenvalue weighted by molar-refractivity contribution is 0.0956. The fraction of sp³-hybridized carbons (Fsp3) is 0.533. The van der Waals surface area contributed by atoms with E-state index < -0.39 is 0 Å². The van der Waals surface area contributed by atoms with Crippen molar-refractivity contribution in [3.05, 3.63) is 34.9 Å². The van der Waals surface area contributed by atoms with Gasteiger partial charge in [-0.3, -0.25) is 4.79 Å². The van der Waals surface area contributed by atoms with Gasteiger partial charge in [0.1, 0.15) is 0 Å². The summed E-state index contributed by atoms with van der Waals surface area (Å²) in [5.41, 5.74) is 3.23. The molecule has 1 aliphatic rings. The Morgan fingerprint density at radius 1 is 1.44 bits per heavy atom. The van der Waals surface area contributed by atoms with Crippen molar-refractivity contribution < 1.29 is 4.79 Å². The Labute approximate surface area is 109 Å². The monoisotopic (exact) mass is 246 g/mol. The molecule has 1 unspecified atom stereocenters. The summed E-state index contributed by atoms with van der Waals surface area (Å²) in [6, 6.07) is 6.60. The zero-order valence-electron chi connectivity index (χ0n) is 11.3. The highest BCUT2D eigenvalue weighted by molar-refractivity contribution is 5.96. The van der Waals surface area contributed by atoms with Gasteiger partial charge in [-0.25, -0.2) is 0 Å². The van der Waals surface area contributed by atoms with E-state index in [-0.39, 0.29) is 5.91 Å². The van der Waals surface area contributed by atoms with E-state index in [0.29, 0.717) is 6.04 Å². The molecular weight excluding hydrogens is 224 g/mol. The van der Waals surface area contributed by atoms with Crippen LogP contribution in [0.5, 0.6) is 0 Å². The standard InChI is InChI=1S/C15H22N2O/c1-3-8-16-11(2)13-7-6-12-5-4-9-17-15(18)14(12)10-13/h6-7,10-11,16H,3-5,8-9H2,1-2H3,(H,17,18). The predicted octanol–water partition coefficient (Wildman–Crippen LogP) is 2.42. The lowest BCUT2D eigenvalue weighted by Gasteiger charge is -2.15. The quantitative estimate of drug-likeness (QED) is 0.856. The Hall–Kier alpha value is -1.35. The Kier molecular flexibility index (Phi) is 4.37. The van der Waals surface area contributed by atoms with Gasteiger partial charge >= 0.3 is 0 Å². The van der Waals surface area contributed by atoms with E-state index in [0.717, 1.165) is 37.9 Å². The Bertz CT molecular complexity index is 429. The van der Waals surface area contributed by atoms with Gasteiger partial charge in [0.2, 0.25) is 0 Å². The lowest BCUT2D eigenvalue weighted by atomic mass is 9.98. The maximum Gasteiger partial charge on any atom is 0.251 e. The third-order valence-corrected chi connectivity index (χ3v) is 3.49. The molecule has 3 heteroatoms. The SMILES string of the molecule is CCCNC(C)c1ccc2c(c1)C(=O)NCCC2. The largest absolute Gasteiger partial charge is 0.352 e. The molecule has 1 aromatic rings. The first kappa shape index (κ1) is 13.1. The van der Waals surface area contributed by atoms with E-state index in [4.69, 9.17) is 0 Å². The van der Waals surface area contributed by atoms with E-state index in [1.54, 1.807) is 0 Å². The summed E-state index contributed by atoms with van der Waals surface area (Å²) >= 11 is 0. The van der Waals surface area contributed by atoms with E-state index in [1.807, 2.05) is 6.07 Å². The van der Waals surface area contributed by atoms with Gasteiger partial charge in [-0.2, -0.15) is 0 Å². The highest BCUT2D eigenvalue weighted by atomic mass is 16.1. The summed E-state index contributed by atoms with van der Waals surface area (Å²) in [6.07, 6.45) is 3.14. The second-order valence-electron chi connectivity index (χ2n) is 4.95. The van der Waals surface area contributed by atoms with Gasteiger partial charge in [-0.1, -0.05) is 19.1 Å². The van der Waals surface area contributed by atoms with Crippen molar-refractivity contribution in [1.29, 1.82) is 0 Å². The number of nitrogens with one attached hydrogen (secondary N) is 2. The highest BCUT2D eigenvalue weighted by Crippen LogP contribution is 2.20. The molecule has 18 heavy (non-hydrogen) atoms. The third-order valence-electron chi connectivity index (χ3n) is 3.49. The summed E-state index contributed by atoms with van der Waals surface area (Å²) in [5.74, 6) is 0.0760. The molecule has 2 rings (SSSR count). The van der Waals surface area contributed by atoms with Gasteiger partial charge in [-0.05, 0) is 49.9 Å². The van der Waals surface area contributed by atoms with Crippen LogP contribution in [0.4, 0.5) is 0 Å². The fourth-order valence-corrected chi connectivity index (χ4v) is 2.35. The van der Waals surface area contributed by atoms with Crippen molar-refractivity contribution >= 4 is 5.91 Å². The van der Waals surface area contributed by atoms with E-state index in [1.165, 1.54) is 11.1 Å². The molecule has 0 fully saturated rings. The number of carbonyl (C=O) groups excluding carboxylic acids is 1. The minimum absolute atomic E-state index is 0.0760. The van der Waals surface area contributed by atoms with Crippen molar-refractivity contribution in [2.75, 3.05) is 13.1 Å². The van der Waals surface area contributed by atoms with Crippen molar-refractivity contribution in [2.45, 2.75) is 39.2 Å². The van der Waals surface area contributed by atoms with Crippen LogP contribution in [0.25, 0.3) is 0 Å². The number of rotatable bonds is 4. The average molecular weight is 246 g/mol. The van der Waals surface area contributed by atoms with Crippen LogP contribution in [-0.4, -0.2) is 19.0 Å². The number of aryl methyl sites for hydroxylation is 1. The summed E-state index contributed by atoms with van der Waals surface area (Å²) < 4.78 is 0. The van der Waals surface area contributed by atoms with E-state index in [2.05, 4.69) is 36.6 Å². The molecule has 3 nitrogen and oxygen atoms in total. The summed E-state index contributed by atoms with van der Waals surface area (Å²) in [7, 11) is 0. The topological polar surface area (TPSA) is 41.1 Å². The highest BCUT2D eigenvalue weighted by Gasteiger charge is 2.16. The minimum Gasteiger partial charge on any atom is -0.352 e. The second-order valence-corrected chi connectivity index (χ2v) is 4.95. The predicted molar refractivity (Wildman–Crippen MR) is 73.8 cm³/mol. The summed E-state index contributed by atoms with van der Waals surface area (Å²) in [6.45, 7) is 6.09. The molecular formula is C15H22N2O. The molecule has 98 valence electrons. The molecule has 0 bridgehead atoms. The van der Waals surface area contributed by atoms with Crippen LogP contribution in [0, 0.1) is 0 Å². The van der Waals surface area contributed by atoms with Crippen LogP contribution >= 0.6 is 0 Å². The normalized spacial score (nSPS) is 16.7. The van der Waals surface area contributed by atoms with Gasteiger partial charge < -0.3 is 10.6 Å². The van der Waals surface area contributed by atoms with Gasteiger partial charge in [0, 0.05) is 18.2 Å². The van der Waals surface area contributed by atoms with Gasteiger partial charge in [-0.15, -0.1) is 0 Å². The summed E-state index contributed by atoms with van der Waals surface area (Å²) in [4.78, 5) is 12.0. The molecule has 0 saturated carbocycles. The smallest absolute Gasteiger partial charge is 0.251 e. The van der Waals surface area contributed by atoms with E-state index in [9.17, 15) is 4.79 Å². The van der Waals surface area contributed by atoms with Gasteiger partial charge in [0.05, 0.1) is 0 Å². The van der Waals surface area contributed by atoms with Crippen LogP contribution < -0.4 is 10.6 Å². The van der Waals surface area contributed by atoms with Crippen LogP contribution in [0.3, 0.4) is 0 Å². The average Bonchev–Trinajstić information content (AvgIpc) is 2.58. The molecule has 1 heterocycles. The third kappa shape index (κ3) is 2.91. The van der Waals surface area contributed by atoms with Crippen LogP contribution in [0.2, 0.25) is 0 Å². The molecule has 1 aliphatic heterocycles. The number of fused-ring (bicyclic) bond motifs is 1. The molecule has 0 aliphatic carbocycles. The first-order valence-electron chi connectivity index (χ1n) is 6.86. The number of amides is 1.